The molecule has 10 heteroatoms. The molecule has 0 aromatic rings. The second-order valence-corrected chi connectivity index (χ2v) is 25.2. The van der Waals surface area contributed by atoms with E-state index in [4.69, 9.17) is 24.3 Å². The monoisotopic (exact) mass is 1210 g/mol. The maximum absolute atomic E-state index is 12.8. The molecule has 0 bridgehead atoms. The van der Waals surface area contributed by atoms with Crippen LogP contribution in [0, 0.1) is 0 Å². The van der Waals surface area contributed by atoms with Gasteiger partial charge in [0.05, 0.1) is 13.2 Å². The van der Waals surface area contributed by atoms with Gasteiger partial charge in [-0.1, -0.05) is 323 Å². The van der Waals surface area contributed by atoms with Gasteiger partial charge in [-0.2, -0.15) is 0 Å². The van der Waals surface area contributed by atoms with E-state index in [1.165, 1.54) is 218 Å². The highest BCUT2D eigenvalue weighted by atomic mass is 31.2. The first kappa shape index (κ1) is 81.9. The Morgan fingerprint density at radius 2 is 0.647 bits per heavy atom. The number of phosphoric ester groups is 1. The number of hydrogen-bond acceptors (Lipinski definition) is 8. The molecule has 0 aromatic carbocycles. The van der Waals surface area contributed by atoms with Crippen LogP contribution in [-0.4, -0.2) is 49.3 Å². The fourth-order valence-corrected chi connectivity index (χ4v) is 11.0. The van der Waals surface area contributed by atoms with Crippen LogP contribution in [0.4, 0.5) is 0 Å². The normalized spacial score (nSPS) is 13.5. The third-order valence-electron chi connectivity index (χ3n) is 15.5. The van der Waals surface area contributed by atoms with Crippen LogP contribution >= 0.6 is 7.82 Å². The van der Waals surface area contributed by atoms with E-state index in [-0.39, 0.29) is 38.6 Å². The standard InChI is InChI=1S/C75H134NO8P/c1-3-5-7-9-11-13-15-17-19-21-23-25-27-29-30-31-32-33-34-35-36-37-38-39-40-41-42-44-46-48-50-52-54-56-58-60-62-64-66-68-75(78)84-73(72-83-85(79,80)82-70-69-76)71-81-74(77)67-65-63-61-59-57-55-53-51-49-47-45-43-28-26-24-22-20-18-16-14-12-10-8-6-4-2/h5,7,11,13,17,19,22-25,29-30,32-33,35-36,73H,3-4,6,8-10,12,14-16,18,20-21,26-28,31,34,37-72,76H2,1-2H3,(H,79,80)/b7-5-,13-11-,19-17-,24-22-,25-23-,30-29-,33-32-,36-35-. The highest BCUT2D eigenvalue weighted by molar-refractivity contribution is 7.47. The van der Waals surface area contributed by atoms with Gasteiger partial charge in [-0.15, -0.1) is 0 Å². The quantitative estimate of drug-likeness (QED) is 0.0264. The zero-order chi connectivity index (χ0) is 61.6. The second-order valence-electron chi connectivity index (χ2n) is 23.7. The molecular formula is C75H134NO8P. The summed E-state index contributed by atoms with van der Waals surface area (Å²) in [7, 11) is -4.40. The van der Waals surface area contributed by atoms with Gasteiger partial charge in [0.25, 0.3) is 0 Å². The third-order valence-corrected chi connectivity index (χ3v) is 16.4. The van der Waals surface area contributed by atoms with E-state index in [0.717, 1.165) is 83.5 Å². The minimum atomic E-state index is -4.40. The van der Waals surface area contributed by atoms with E-state index in [0.29, 0.717) is 6.42 Å². The van der Waals surface area contributed by atoms with Crippen LogP contribution in [-0.2, 0) is 32.7 Å². The zero-order valence-electron chi connectivity index (χ0n) is 55.3. The predicted molar refractivity (Wildman–Crippen MR) is 367 cm³/mol. The number of rotatable bonds is 67. The number of allylic oxidation sites excluding steroid dienone is 16. The van der Waals surface area contributed by atoms with Gasteiger partial charge >= 0.3 is 19.8 Å². The summed E-state index contributed by atoms with van der Waals surface area (Å²) in [6.07, 6.45) is 95.0. The van der Waals surface area contributed by atoms with Gasteiger partial charge in [0.15, 0.2) is 6.10 Å². The molecule has 0 saturated carbocycles. The summed E-state index contributed by atoms with van der Waals surface area (Å²) in [5.41, 5.74) is 5.40. The molecule has 3 N–H and O–H groups in total. The molecule has 2 atom stereocenters. The van der Waals surface area contributed by atoms with E-state index < -0.39 is 26.5 Å². The van der Waals surface area contributed by atoms with Crippen molar-refractivity contribution < 1.29 is 37.6 Å². The van der Waals surface area contributed by atoms with Gasteiger partial charge in [0, 0.05) is 19.4 Å². The Labute approximate surface area is 525 Å². The van der Waals surface area contributed by atoms with E-state index >= 15 is 0 Å². The van der Waals surface area contributed by atoms with Crippen LogP contribution in [0.25, 0.3) is 0 Å². The molecule has 0 heterocycles. The highest BCUT2D eigenvalue weighted by Gasteiger charge is 2.26. The third kappa shape index (κ3) is 69.9. The van der Waals surface area contributed by atoms with Crippen molar-refractivity contribution in [1.82, 2.24) is 0 Å². The lowest BCUT2D eigenvalue weighted by Gasteiger charge is -2.19. The molecule has 0 aliphatic rings. The fraction of sp³-hybridized carbons (Fsp3) is 0.760. The molecule has 0 spiro atoms. The van der Waals surface area contributed by atoms with Gasteiger partial charge < -0.3 is 20.1 Å². The van der Waals surface area contributed by atoms with Crippen molar-refractivity contribution >= 4 is 19.8 Å². The molecule has 0 fully saturated rings. The van der Waals surface area contributed by atoms with Crippen LogP contribution in [0.5, 0.6) is 0 Å². The topological polar surface area (TPSA) is 134 Å². The van der Waals surface area contributed by atoms with E-state index in [9.17, 15) is 19.0 Å². The lowest BCUT2D eigenvalue weighted by molar-refractivity contribution is -0.161. The Morgan fingerprint density at radius 3 is 0.976 bits per heavy atom. The van der Waals surface area contributed by atoms with Crippen LogP contribution in [0.3, 0.4) is 0 Å². The number of carbonyl (C=O) groups excluding carboxylic acids is 2. The summed E-state index contributed by atoms with van der Waals surface area (Å²) in [6, 6.07) is 0. The van der Waals surface area contributed by atoms with Gasteiger partial charge in [-0.05, 0) is 96.3 Å². The SMILES string of the molecule is CC/C=C\C/C=C\C/C=C\C/C=C\C/C=C\C/C=C\C/C=C\CCCCCCCCCCCCCCCCCCCC(=O)OC(COC(=O)CCCCCCCCCCCCCCC/C=C\CCCCCCCCCC)COP(=O)(O)OCCN. The fourth-order valence-electron chi connectivity index (χ4n) is 10.2. The van der Waals surface area contributed by atoms with Crippen molar-refractivity contribution in [3.63, 3.8) is 0 Å². The van der Waals surface area contributed by atoms with Crippen LogP contribution in [0.1, 0.15) is 335 Å². The summed E-state index contributed by atoms with van der Waals surface area (Å²) in [5.74, 6) is -0.815. The lowest BCUT2D eigenvalue weighted by Crippen LogP contribution is -2.29. The van der Waals surface area contributed by atoms with Crippen molar-refractivity contribution in [1.29, 1.82) is 0 Å². The van der Waals surface area contributed by atoms with Crippen LogP contribution in [0.15, 0.2) is 97.2 Å². The second kappa shape index (κ2) is 70.0. The molecule has 9 nitrogen and oxygen atoms in total. The first-order valence-electron chi connectivity index (χ1n) is 35.7. The molecule has 0 aromatic heterocycles. The number of nitrogens with two attached hydrogens (primary N) is 1. The Balaban J connectivity index is 3.85. The summed E-state index contributed by atoms with van der Waals surface area (Å²) >= 11 is 0. The van der Waals surface area contributed by atoms with Gasteiger partial charge in [0.1, 0.15) is 6.61 Å². The van der Waals surface area contributed by atoms with Crippen molar-refractivity contribution in [3.8, 4) is 0 Å². The first-order chi connectivity index (χ1) is 41.8. The smallest absolute Gasteiger partial charge is 0.462 e. The summed E-state index contributed by atoms with van der Waals surface area (Å²) in [4.78, 5) is 35.4. The first-order valence-corrected chi connectivity index (χ1v) is 37.2. The molecule has 0 radical (unpaired) electrons. The van der Waals surface area contributed by atoms with Crippen LogP contribution in [0.2, 0.25) is 0 Å². The van der Waals surface area contributed by atoms with Crippen molar-refractivity contribution in [2.24, 2.45) is 5.73 Å². The number of carbonyl (C=O) groups is 2. The summed E-state index contributed by atoms with van der Waals surface area (Å²) < 4.78 is 33.2. The van der Waals surface area contributed by atoms with E-state index in [2.05, 4.69) is 111 Å². The van der Waals surface area contributed by atoms with Gasteiger partial charge in [-0.3, -0.25) is 18.6 Å². The molecule has 492 valence electrons. The molecule has 2 unspecified atom stereocenters. The molecule has 0 amide bonds. The predicted octanol–water partition coefficient (Wildman–Crippen LogP) is 23.5. The average Bonchev–Trinajstić information content (AvgIpc) is 3.53. The van der Waals surface area contributed by atoms with Crippen molar-refractivity contribution in [2.75, 3.05) is 26.4 Å². The Bertz CT molecular complexity index is 1720. The average molecular weight is 1210 g/mol. The number of phosphoric acid groups is 1. The molecule has 0 saturated heterocycles. The summed E-state index contributed by atoms with van der Waals surface area (Å²) in [6.45, 7) is 3.67. The highest BCUT2D eigenvalue weighted by Crippen LogP contribution is 2.43. The number of unbranched alkanes of at least 4 members (excludes halogenated alkanes) is 38. The minimum Gasteiger partial charge on any atom is -0.462 e. The Hall–Kier alpha value is -3.07. The van der Waals surface area contributed by atoms with Crippen molar-refractivity contribution in [3.05, 3.63) is 97.2 Å². The van der Waals surface area contributed by atoms with Crippen LogP contribution < -0.4 is 5.73 Å². The number of esters is 2. The molecule has 0 aliphatic heterocycles. The summed E-state index contributed by atoms with van der Waals surface area (Å²) in [5, 5.41) is 0. The molecule has 0 rings (SSSR count). The van der Waals surface area contributed by atoms with E-state index in [1.807, 2.05) is 0 Å². The largest absolute Gasteiger partial charge is 0.472 e. The minimum absolute atomic E-state index is 0.0524. The molecule has 85 heavy (non-hydrogen) atoms. The number of hydrogen-bond donors (Lipinski definition) is 2. The van der Waals surface area contributed by atoms with Gasteiger partial charge in [0.2, 0.25) is 0 Å². The molecule has 0 aliphatic carbocycles. The lowest BCUT2D eigenvalue weighted by atomic mass is 10.0. The van der Waals surface area contributed by atoms with Crippen molar-refractivity contribution in [2.45, 2.75) is 341 Å². The Morgan fingerprint density at radius 1 is 0.365 bits per heavy atom. The van der Waals surface area contributed by atoms with Gasteiger partial charge in [-0.25, -0.2) is 4.57 Å². The maximum Gasteiger partial charge on any atom is 0.472 e. The zero-order valence-corrected chi connectivity index (χ0v) is 56.2. The number of ether oxygens (including phenoxy) is 2. The maximum atomic E-state index is 12.8. The Kier molecular flexibility index (Phi) is 67.5. The van der Waals surface area contributed by atoms with E-state index in [1.54, 1.807) is 0 Å². The molecular weight excluding hydrogens is 1070 g/mol.